The van der Waals surface area contributed by atoms with Crippen molar-refractivity contribution >= 4 is 12.1 Å². The second-order valence-corrected chi connectivity index (χ2v) is 9.01. The molecule has 0 radical (unpaired) electrons. The molecule has 0 spiro atoms. The molecular formula is C21H41N5O3. The Labute approximate surface area is 176 Å². The maximum atomic E-state index is 12.2. The van der Waals surface area contributed by atoms with Crippen molar-refractivity contribution in [2.24, 2.45) is 10.9 Å². The van der Waals surface area contributed by atoms with Gasteiger partial charge in [-0.15, -0.1) is 0 Å². The number of hydrogen-bond donors (Lipinski definition) is 1. The van der Waals surface area contributed by atoms with E-state index in [0.717, 1.165) is 84.4 Å². The van der Waals surface area contributed by atoms with Crippen LogP contribution in [0.3, 0.4) is 0 Å². The van der Waals surface area contributed by atoms with Crippen molar-refractivity contribution < 1.29 is 14.3 Å². The van der Waals surface area contributed by atoms with Crippen molar-refractivity contribution in [1.82, 2.24) is 20.0 Å². The van der Waals surface area contributed by atoms with E-state index in [1.807, 2.05) is 25.7 Å². The number of rotatable bonds is 7. The Kier molecular flexibility index (Phi) is 9.49. The molecule has 2 rings (SSSR count). The number of nitrogens with one attached hydrogen (secondary N) is 1. The molecule has 0 bridgehead atoms. The van der Waals surface area contributed by atoms with E-state index in [2.05, 4.69) is 29.1 Å². The lowest BCUT2D eigenvalue weighted by atomic mass is 10.1. The predicted molar refractivity (Wildman–Crippen MR) is 116 cm³/mol. The summed E-state index contributed by atoms with van der Waals surface area (Å²) in [4.78, 5) is 23.4. The minimum atomic E-state index is -0.436. The Balaban J connectivity index is 1.68. The van der Waals surface area contributed by atoms with Crippen molar-refractivity contribution in [3.8, 4) is 0 Å². The van der Waals surface area contributed by atoms with Gasteiger partial charge < -0.3 is 24.6 Å². The number of nitrogens with zero attached hydrogens (tertiary/aromatic N) is 4. The first kappa shape index (κ1) is 23.7. The highest BCUT2D eigenvalue weighted by atomic mass is 16.6. The Morgan fingerprint density at radius 1 is 1.28 bits per heavy atom. The number of aliphatic imine (C=N–C) groups is 1. The minimum Gasteiger partial charge on any atom is -0.444 e. The van der Waals surface area contributed by atoms with Gasteiger partial charge in [-0.3, -0.25) is 9.89 Å². The monoisotopic (exact) mass is 411 g/mol. The topological polar surface area (TPSA) is 69.6 Å². The zero-order chi connectivity index (χ0) is 21.3. The molecule has 1 unspecified atom stereocenters. The molecule has 168 valence electrons. The van der Waals surface area contributed by atoms with Crippen molar-refractivity contribution in [1.29, 1.82) is 0 Å². The largest absolute Gasteiger partial charge is 0.444 e. The molecule has 0 aliphatic carbocycles. The molecule has 2 saturated heterocycles. The number of ether oxygens (including phenoxy) is 2. The van der Waals surface area contributed by atoms with Crippen LogP contribution in [-0.2, 0) is 9.47 Å². The van der Waals surface area contributed by atoms with Gasteiger partial charge in [0, 0.05) is 71.9 Å². The van der Waals surface area contributed by atoms with Gasteiger partial charge in [-0.25, -0.2) is 4.79 Å². The summed E-state index contributed by atoms with van der Waals surface area (Å²) in [5.74, 6) is 1.58. The molecule has 8 heteroatoms. The van der Waals surface area contributed by atoms with Crippen LogP contribution in [0.25, 0.3) is 0 Å². The second-order valence-electron chi connectivity index (χ2n) is 9.01. The zero-order valence-corrected chi connectivity index (χ0v) is 19.1. The average Bonchev–Trinajstić information content (AvgIpc) is 3.16. The van der Waals surface area contributed by atoms with Gasteiger partial charge >= 0.3 is 6.09 Å². The summed E-state index contributed by atoms with van der Waals surface area (Å²) < 4.78 is 10.9. The molecule has 0 aromatic heterocycles. The lowest BCUT2D eigenvalue weighted by molar-refractivity contribution is 0.0145. The van der Waals surface area contributed by atoms with Crippen LogP contribution in [0.15, 0.2) is 4.99 Å². The Hall–Kier alpha value is -1.54. The van der Waals surface area contributed by atoms with Crippen LogP contribution in [0.1, 0.15) is 40.5 Å². The lowest BCUT2D eigenvalue weighted by Gasteiger charge is -2.35. The molecule has 0 aromatic rings. The van der Waals surface area contributed by atoms with Gasteiger partial charge in [0.1, 0.15) is 5.60 Å². The van der Waals surface area contributed by atoms with Crippen molar-refractivity contribution in [2.75, 3.05) is 72.6 Å². The molecular weight excluding hydrogens is 370 g/mol. The van der Waals surface area contributed by atoms with Gasteiger partial charge in [0.2, 0.25) is 0 Å². The van der Waals surface area contributed by atoms with E-state index in [1.165, 1.54) is 0 Å². The number of piperazine rings is 1. The van der Waals surface area contributed by atoms with E-state index < -0.39 is 5.60 Å². The molecule has 8 nitrogen and oxygen atoms in total. The Bertz CT molecular complexity index is 521. The van der Waals surface area contributed by atoms with Crippen molar-refractivity contribution in [3.05, 3.63) is 0 Å². The Morgan fingerprint density at radius 3 is 2.59 bits per heavy atom. The fraction of sp³-hybridized carbons (Fsp3) is 0.905. The van der Waals surface area contributed by atoms with E-state index in [0.29, 0.717) is 5.92 Å². The predicted octanol–water partition coefficient (Wildman–Crippen LogP) is 1.86. The maximum Gasteiger partial charge on any atom is 0.410 e. The highest BCUT2D eigenvalue weighted by Gasteiger charge is 2.25. The number of carbonyl (C=O) groups excluding carboxylic acids is 1. The molecule has 0 saturated carbocycles. The van der Waals surface area contributed by atoms with Crippen molar-refractivity contribution in [2.45, 2.75) is 46.1 Å². The SMILES string of the molecule is CCNC(=NCCCN1CCN(C(=O)OC(C)(C)C)CC1)N(C)CC1CCOC1. The third kappa shape index (κ3) is 8.78. The molecule has 1 atom stereocenters. The molecule has 2 heterocycles. The van der Waals surface area contributed by atoms with Gasteiger partial charge in [-0.2, -0.15) is 0 Å². The van der Waals surface area contributed by atoms with Gasteiger partial charge in [-0.05, 0) is 40.5 Å². The van der Waals surface area contributed by atoms with E-state index in [-0.39, 0.29) is 6.09 Å². The molecule has 29 heavy (non-hydrogen) atoms. The fourth-order valence-corrected chi connectivity index (χ4v) is 3.63. The molecule has 0 aromatic carbocycles. The molecule has 2 aliphatic rings. The van der Waals surface area contributed by atoms with Crippen molar-refractivity contribution in [3.63, 3.8) is 0 Å². The average molecular weight is 412 g/mol. The first-order valence-electron chi connectivity index (χ1n) is 11.1. The normalized spacial score (nSPS) is 21.3. The van der Waals surface area contributed by atoms with Crippen LogP contribution in [0, 0.1) is 5.92 Å². The minimum absolute atomic E-state index is 0.201. The van der Waals surface area contributed by atoms with Crippen LogP contribution < -0.4 is 5.32 Å². The number of amides is 1. The third-order valence-corrected chi connectivity index (χ3v) is 5.17. The van der Waals surface area contributed by atoms with E-state index in [1.54, 1.807) is 0 Å². The molecule has 2 aliphatic heterocycles. The first-order chi connectivity index (χ1) is 13.8. The third-order valence-electron chi connectivity index (χ3n) is 5.17. The van der Waals surface area contributed by atoms with Crippen LogP contribution >= 0.6 is 0 Å². The van der Waals surface area contributed by atoms with Crippen LogP contribution in [0.4, 0.5) is 4.79 Å². The summed E-state index contributed by atoms with van der Waals surface area (Å²) in [6.07, 6.45) is 1.95. The second kappa shape index (κ2) is 11.6. The first-order valence-corrected chi connectivity index (χ1v) is 11.1. The van der Waals surface area contributed by atoms with Crippen LogP contribution in [-0.4, -0.2) is 105 Å². The molecule has 1 N–H and O–H groups in total. The zero-order valence-electron chi connectivity index (χ0n) is 19.1. The fourth-order valence-electron chi connectivity index (χ4n) is 3.63. The lowest BCUT2D eigenvalue weighted by Crippen LogP contribution is -2.50. The summed E-state index contributed by atoms with van der Waals surface area (Å²) in [6.45, 7) is 16.5. The number of carbonyl (C=O) groups is 1. The Morgan fingerprint density at radius 2 is 2.00 bits per heavy atom. The van der Waals surface area contributed by atoms with Gasteiger partial charge in [0.25, 0.3) is 0 Å². The standard InChI is InChI=1S/C21H41N5O3/c1-6-22-19(24(5)16-18-8-15-28-17-18)23-9-7-10-25-11-13-26(14-12-25)20(27)29-21(2,3)4/h18H,6-17H2,1-5H3,(H,22,23). The summed E-state index contributed by atoms with van der Waals surface area (Å²) in [6, 6.07) is 0. The molecule has 1 amide bonds. The van der Waals surface area contributed by atoms with E-state index in [9.17, 15) is 4.79 Å². The summed E-state index contributed by atoms with van der Waals surface area (Å²) in [5.41, 5.74) is -0.436. The van der Waals surface area contributed by atoms with Crippen LogP contribution in [0.5, 0.6) is 0 Å². The highest BCUT2D eigenvalue weighted by molar-refractivity contribution is 5.79. The summed E-state index contributed by atoms with van der Waals surface area (Å²) in [7, 11) is 2.11. The van der Waals surface area contributed by atoms with Gasteiger partial charge in [-0.1, -0.05) is 0 Å². The smallest absolute Gasteiger partial charge is 0.410 e. The number of hydrogen-bond acceptors (Lipinski definition) is 5. The van der Waals surface area contributed by atoms with Crippen LogP contribution in [0.2, 0.25) is 0 Å². The quantitative estimate of drug-likeness (QED) is 0.392. The number of guanidine groups is 1. The van der Waals surface area contributed by atoms with E-state index in [4.69, 9.17) is 14.5 Å². The van der Waals surface area contributed by atoms with Gasteiger partial charge in [0.15, 0.2) is 5.96 Å². The maximum absolute atomic E-state index is 12.2. The van der Waals surface area contributed by atoms with Gasteiger partial charge in [0.05, 0.1) is 6.61 Å². The highest BCUT2D eigenvalue weighted by Crippen LogP contribution is 2.14. The summed E-state index contributed by atoms with van der Waals surface area (Å²) in [5, 5.41) is 3.40. The summed E-state index contributed by atoms with van der Waals surface area (Å²) >= 11 is 0. The van der Waals surface area contributed by atoms with E-state index >= 15 is 0 Å². The molecule has 2 fully saturated rings.